The third-order valence-electron chi connectivity index (χ3n) is 7.04. The van der Waals surface area contributed by atoms with Crippen molar-refractivity contribution in [1.29, 1.82) is 0 Å². The molecule has 0 radical (unpaired) electrons. The first-order chi connectivity index (χ1) is 17.8. The smallest absolute Gasteiger partial charge is 0.174 e. The molecule has 3 aromatic heterocycles. The Hall–Kier alpha value is -3.71. The van der Waals surface area contributed by atoms with Gasteiger partial charge in [0, 0.05) is 30.0 Å². The van der Waals surface area contributed by atoms with Crippen LogP contribution in [0.2, 0.25) is 0 Å². The molecule has 2 aliphatic rings. The summed E-state index contributed by atoms with van der Waals surface area (Å²) in [6, 6.07) is 24.5. The van der Waals surface area contributed by atoms with Gasteiger partial charge in [0.25, 0.3) is 0 Å². The van der Waals surface area contributed by atoms with Gasteiger partial charge in [-0.2, -0.15) is 0 Å². The number of pyridine rings is 2. The van der Waals surface area contributed by atoms with Gasteiger partial charge in [-0.05, 0) is 98.6 Å². The SMILES string of the molecule is S=C1N[C@H](c2ccccn2)[C@@H](c2cccn2Cc2ccccn2)N1c1ccc(OC2CCCC2)cc1. The lowest BCUT2D eigenvalue weighted by atomic mass is 10.0. The minimum absolute atomic E-state index is 0.0762. The van der Waals surface area contributed by atoms with Crippen molar-refractivity contribution in [1.82, 2.24) is 19.9 Å². The minimum Gasteiger partial charge on any atom is -0.490 e. The molecule has 6 nitrogen and oxygen atoms in total. The van der Waals surface area contributed by atoms with Crippen molar-refractivity contribution in [3.63, 3.8) is 0 Å². The van der Waals surface area contributed by atoms with Crippen molar-refractivity contribution in [3.8, 4) is 5.75 Å². The van der Waals surface area contributed by atoms with Crippen molar-refractivity contribution in [3.05, 3.63) is 108 Å². The summed E-state index contributed by atoms with van der Waals surface area (Å²) in [5.41, 5.74) is 4.15. The molecule has 36 heavy (non-hydrogen) atoms. The molecule has 4 aromatic rings. The van der Waals surface area contributed by atoms with Gasteiger partial charge in [0.15, 0.2) is 5.11 Å². The van der Waals surface area contributed by atoms with E-state index in [1.165, 1.54) is 12.8 Å². The maximum atomic E-state index is 6.21. The van der Waals surface area contributed by atoms with Gasteiger partial charge in [-0.1, -0.05) is 12.1 Å². The van der Waals surface area contributed by atoms with E-state index in [-0.39, 0.29) is 12.1 Å². The van der Waals surface area contributed by atoms with Crippen molar-refractivity contribution in [2.45, 2.75) is 50.4 Å². The number of hydrogen-bond donors (Lipinski definition) is 1. The number of nitrogens with one attached hydrogen (secondary N) is 1. The molecule has 1 aliphatic carbocycles. The Balaban J connectivity index is 1.35. The van der Waals surface area contributed by atoms with Gasteiger partial charge < -0.3 is 19.5 Å². The average Bonchev–Trinajstić information content (AvgIpc) is 3.66. The Bertz CT molecular complexity index is 1300. The Morgan fingerprint density at radius 3 is 2.39 bits per heavy atom. The number of aromatic nitrogens is 3. The average molecular weight is 496 g/mol. The van der Waals surface area contributed by atoms with Gasteiger partial charge in [0.1, 0.15) is 11.8 Å². The van der Waals surface area contributed by atoms with Crippen LogP contribution in [0.25, 0.3) is 0 Å². The zero-order valence-electron chi connectivity index (χ0n) is 20.0. The van der Waals surface area contributed by atoms with E-state index < -0.39 is 0 Å². The highest BCUT2D eigenvalue weighted by Crippen LogP contribution is 2.42. The minimum atomic E-state index is -0.0921. The lowest BCUT2D eigenvalue weighted by Gasteiger charge is -2.29. The summed E-state index contributed by atoms with van der Waals surface area (Å²) in [6.45, 7) is 0.684. The highest BCUT2D eigenvalue weighted by molar-refractivity contribution is 7.80. The van der Waals surface area contributed by atoms with Crippen molar-refractivity contribution < 1.29 is 4.74 Å². The van der Waals surface area contributed by atoms with E-state index in [4.69, 9.17) is 17.0 Å². The summed E-state index contributed by atoms with van der Waals surface area (Å²) in [6.07, 6.45) is 10.9. The zero-order chi connectivity index (χ0) is 24.3. The van der Waals surface area contributed by atoms with E-state index in [2.05, 4.69) is 79.5 Å². The first kappa shape index (κ1) is 22.7. The number of benzene rings is 1. The number of hydrogen-bond acceptors (Lipinski definition) is 4. The molecule has 6 rings (SSSR count). The maximum absolute atomic E-state index is 6.21. The predicted octanol–water partition coefficient (Wildman–Crippen LogP) is 5.82. The van der Waals surface area contributed by atoms with E-state index >= 15 is 0 Å². The molecule has 1 aromatic carbocycles. The third kappa shape index (κ3) is 4.58. The number of thiocarbonyl (C=S) groups is 1. The van der Waals surface area contributed by atoms with Crippen LogP contribution in [0.15, 0.2) is 91.4 Å². The van der Waals surface area contributed by atoms with Crippen LogP contribution in [0.1, 0.15) is 54.8 Å². The first-order valence-corrected chi connectivity index (χ1v) is 13.0. The molecular formula is C29H29N5OS. The number of ether oxygens (including phenoxy) is 1. The van der Waals surface area contributed by atoms with Crippen LogP contribution in [0.3, 0.4) is 0 Å². The Kier molecular flexibility index (Phi) is 6.38. The topological polar surface area (TPSA) is 55.2 Å². The van der Waals surface area contributed by atoms with Crippen LogP contribution in [-0.2, 0) is 6.54 Å². The Morgan fingerprint density at radius 2 is 1.67 bits per heavy atom. The van der Waals surface area contributed by atoms with Crippen LogP contribution in [0.4, 0.5) is 5.69 Å². The summed E-state index contributed by atoms with van der Waals surface area (Å²) in [7, 11) is 0. The van der Waals surface area contributed by atoms with Gasteiger partial charge in [0.05, 0.1) is 30.1 Å². The van der Waals surface area contributed by atoms with E-state index in [9.17, 15) is 0 Å². The molecule has 1 saturated carbocycles. The van der Waals surface area contributed by atoms with Crippen LogP contribution < -0.4 is 15.0 Å². The molecule has 0 amide bonds. The molecule has 0 bridgehead atoms. The Morgan fingerprint density at radius 1 is 0.889 bits per heavy atom. The molecular weight excluding hydrogens is 466 g/mol. The van der Waals surface area contributed by atoms with Crippen molar-refractivity contribution in [2.24, 2.45) is 0 Å². The van der Waals surface area contributed by atoms with E-state index in [1.807, 2.05) is 36.7 Å². The molecule has 0 spiro atoms. The van der Waals surface area contributed by atoms with Gasteiger partial charge in [-0.3, -0.25) is 9.97 Å². The van der Waals surface area contributed by atoms with Crippen LogP contribution in [-0.4, -0.2) is 25.8 Å². The molecule has 2 atom stereocenters. The fourth-order valence-corrected chi connectivity index (χ4v) is 5.67. The molecule has 182 valence electrons. The summed E-state index contributed by atoms with van der Waals surface area (Å²) in [5.74, 6) is 0.917. The van der Waals surface area contributed by atoms with Crippen molar-refractivity contribution >= 4 is 23.0 Å². The summed E-state index contributed by atoms with van der Waals surface area (Å²) >= 11 is 5.91. The second kappa shape index (κ2) is 10.1. The Labute approximate surface area is 217 Å². The first-order valence-electron chi connectivity index (χ1n) is 12.6. The van der Waals surface area contributed by atoms with Crippen molar-refractivity contribution in [2.75, 3.05) is 4.90 Å². The van der Waals surface area contributed by atoms with Crippen LogP contribution in [0, 0.1) is 0 Å². The lowest BCUT2D eigenvalue weighted by molar-refractivity contribution is 0.210. The quantitative estimate of drug-likeness (QED) is 0.326. The number of rotatable bonds is 7. The van der Waals surface area contributed by atoms with E-state index in [0.29, 0.717) is 17.8 Å². The van der Waals surface area contributed by atoms with Gasteiger partial charge in [-0.15, -0.1) is 0 Å². The summed E-state index contributed by atoms with van der Waals surface area (Å²) in [4.78, 5) is 11.4. The van der Waals surface area contributed by atoms with Gasteiger partial charge in [-0.25, -0.2) is 0 Å². The van der Waals surface area contributed by atoms with Gasteiger partial charge in [0.2, 0.25) is 0 Å². The molecule has 1 N–H and O–H groups in total. The number of nitrogens with zero attached hydrogens (tertiary/aromatic N) is 4. The molecule has 0 unspecified atom stereocenters. The van der Waals surface area contributed by atoms with Gasteiger partial charge >= 0.3 is 0 Å². The van der Waals surface area contributed by atoms with Crippen LogP contribution >= 0.6 is 12.2 Å². The summed E-state index contributed by atoms with van der Waals surface area (Å²) < 4.78 is 8.46. The molecule has 1 aliphatic heterocycles. The highest BCUT2D eigenvalue weighted by atomic mass is 32.1. The third-order valence-corrected chi connectivity index (χ3v) is 7.36. The second-order valence-electron chi connectivity index (χ2n) is 9.40. The van der Waals surface area contributed by atoms with E-state index in [0.717, 1.165) is 41.4 Å². The molecule has 2 fully saturated rings. The predicted molar refractivity (Wildman–Crippen MR) is 145 cm³/mol. The largest absolute Gasteiger partial charge is 0.490 e. The normalized spacial score (nSPS) is 20.0. The maximum Gasteiger partial charge on any atom is 0.174 e. The summed E-state index contributed by atoms with van der Waals surface area (Å²) in [5, 5.41) is 4.24. The standard InChI is InChI=1S/C29H29N5OS/c36-29-32-27(25-11-4-6-18-31-25)28(26-12-7-19-33(26)20-21-8-3-5-17-30-21)34(29)22-13-15-24(16-14-22)35-23-9-1-2-10-23/h3-8,11-19,23,27-28H,1-2,9-10,20H2,(H,32,36)/t27-,28-/m1/s1. The fraction of sp³-hybridized carbons (Fsp3) is 0.276. The monoisotopic (exact) mass is 495 g/mol. The molecule has 7 heteroatoms. The highest BCUT2D eigenvalue weighted by Gasteiger charge is 2.42. The van der Waals surface area contributed by atoms with E-state index in [1.54, 1.807) is 0 Å². The van der Waals surface area contributed by atoms with Crippen LogP contribution in [0.5, 0.6) is 5.75 Å². The molecule has 4 heterocycles. The number of anilines is 1. The fourth-order valence-electron chi connectivity index (χ4n) is 5.32. The zero-order valence-corrected chi connectivity index (χ0v) is 20.8. The molecule has 1 saturated heterocycles. The lowest BCUT2D eigenvalue weighted by Crippen LogP contribution is -2.30. The second-order valence-corrected chi connectivity index (χ2v) is 9.78.